The van der Waals surface area contributed by atoms with Crippen molar-refractivity contribution in [2.45, 2.75) is 39.7 Å². The minimum atomic E-state index is -0.602. The third-order valence-corrected chi connectivity index (χ3v) is 3.87. The molecule has 1 heterocycles. The molecule has 5 heteroatoms. The van der Waals surface area contributed by atoms with E-state index in [1.54, 1.807) is 11.8 Å². The Morgan fingerprint density at radius 3 is 2.64 bits per heavy atom. The molecule has 0 aromatic heterocycles. The summed E-state index contributed by atoms with van der Waals surface area (Å²) in [5.74, 6) is 0.869. The van der Waals surface area contributed by atoms with E-state index in [9.17, 15) is 9.59 Å². The quantitative estimate of drug-likeness (QED) is 0.923. The third-order valence-electron chi connectivity index (χ3n) is 3.87. The molecule has 2 amide bonds. The van der Waals surface area contributed by atoms with Crippen LogP contribution in [0, 0.1) is 6.92 Å². The predicted molar refractivity (Wildman–Crippen MR) is 84.9 cm³/mol. The molecule has 0 spiro atoms. The number of aryl methyl sites for hydroxylation is 1. The molecule has 0 bridgehead atoms. The normalized spacial score (nSPS) is 16.4. The smallest absolute Gasteiger partial charge is 0.263 e. The summed E-state index contributed by atoms with van der Waals surface area (Å²) in [7, 11) is 0. The van der Waals surface area contributed by atoms with Gasteiger partial charge in [0.25, 0.3) is 5.91 Å². The summed E-state index contributed by atoms with van der Waals surface area (Å²) < 4.78 is 5.76. The zero-order chi connectivity index (χ0) is 16.3. The van der Waals surface area contributed by atoms with Crippen LogP contribution in [-0.2, 0) is 9.59 Å². The van der Waals surface area contributed by atoms with Gasteiger partial charge in [-0.3, -0.25) is 9.59 Å². The SMILES string of the molecule is Cc1cc(OC(C)C(=O)N2CCNC(=O)C2)ccc1C(C)C. The summed E-state index contributed by atoms with van der Waals surface area (Å²) >= 11 is 0. The summed E-state index contributed by atoms with van der Waals surface area (Å²) in [6.45, 7) is 9.21. The van der Waals surface area contributed by atoms with Crippen LogP contribution >= 0.6 is 0 Å². The van der Waals surface area contributed by atoms with Crippen molar-refractivity contribution in [2.24, 2.45) is 0 Å². The van der Waals surface area contributed by atoms with Gasteiger partial charge in [-0.05, 0) is 43.0 Å². The lowest BCUT2D eigenvalue weighted by molar-refractivity contribution is -0.143. The van der Waals surface area contributed by atoms with E-state index in [1.165, 1.54) is 5.56 Å². The Morgan fingerprint density at radius 2 is 2.05 bits per heavy atom. The van der Waals surface area contributed by atoms with Crippen LogP contribution in [0.4, 0.5) is 0 Å². The van der Waals surface area contributed by atoms with Gasteiger partial charge in [-0.2, -0.15) is 0 Å². The average Bonchev–Trinajstić information content (AvgIpc) is 2.46. The number of carbonyl (C=O) groups excluding carboxylic acids is 2. The molecule has 0 aliphatic carbocycles. The maximum absolute atomic E-state index is 12.3. The second-order valence-corrected chi connectivity index (χ2v) is 6.04. The fraction of sp³-hybridized carbons (Fsp3) is 0.529. The van der Waals surface area contributed by atoms with Crippen LogP contribution in [0.5, 0.6) is 5.75 Å². The molecular formula is C17H24N2O3. The van der Waals surface area contributed by atoms with Crippen LogP contribution in [0.3, 0.4) is 0 Å². The first-order valence-electron chi connectivity index (χ1n) is 7.71. The van der Waals surface area contributed by atoms with Crippen molar-refractivity contribution in [2.75, 3.05) is 19.6 Å². The number of piperazine rings is 1. The Morgan fingerprint density at radius 1 is 1.32 bits per heavy atom. The first kappa shape index (κ1) is 16.3. The first-order chi connectivity index (χ1) is 10.4. The summed E-state index contributed by atoms with van der Waals surface area (Å²) in [6.07, 6.45) is -0.602. The maximum Gasteiger partial charge on any atom is 0.263 e. The van der Waals surface area contributed by atoms with Crippen molar-refractivity contribution < 1.29 is 14.3 Å². The van der Waals surface area contributed by atoms with E-state index in [2.05, 4.69) is 19.2 Å². The summed E-state index contributed by atoms with van der Waals surface area (Å²) in [5.41, 5.74) is 2.43. The van der Waals surface area contributed by atoms with Crippen LogP contribution < -0.4 is 10.1 Å². The summed E-state index contributed by atoms with van der Waals surface area (Å²) in [6, 6.07) is 5.90. The Hall–Kier alpha value is -2.04. The lowest BCUT2D eigenvalue weighted by Crippen LogP contribution is -2.53. The molecule has 1 saturated heterocycles. The molecule has 1 N–H and O–H groups in total. The summed E-state index contributed by atoms with van der Waals surface area (Å²) in [4.78, 5) is 25.2. The minimum absolute atomic E-state index is 0.109. The van der Waals surface area contributed by atoms with Gasteiger partial charge in [0, 0.05) is 13.1 Å². The molecule has 120 valence electrons. The van der Waals surface area contributed by atoms with Crippen LogP contribution in [0.2, 0.25) is 0 Å². The number of nitrogens with zero attached hydrogens (tertiary/aromatic N) is 1. The number of amides is 2. The van der Waals surface area contributed by atoms with Crippen molar-refractivity contribution in [3.8, 4) is 5.75 Å². The van der Waals surface area contributed by atoms with Crippen molar-refractivity contribution >= 4 is 11.8 Å². The minimum Gasteiger partial charge on any atom is -0.481 e. The van der Waals surface area contributed by atoms with Crippen molar-refractivity contribution in [3.63, 3.8) is 0 Å². The van der Waals surface area contributed by atoms with Gasteiger partial charge in [0.15, 0.2) is 6.10 Å². The van der Waals surface area contributed by atoms with Gasteiger partial charge in [-0.15, -0.1) is 0 Å². The molecule has 22 heavy (non-hydrogen) atoms. The van der Waals surface area contributed by atoms with Crippen LogP contribution in [0.1, 0.15) is 37.8 Å². The molecule has 1 aliphatic rings. The van der Waals surface area contributed by atoms with Crippen LogP contribution in [0.15, 0.2) is 18.2 Å². The van der Waals surface area contributed by atoms with Gasteiger partial charge < -0.3 is 15.0 Å². The molecular weight excluding hydrogens is 280 g/mol. The number of ether oxygens (including phenoxy) is 1. The zero-order valence-corrected chi connectivity index (χ0v) is 13.7. The summed E-state index contributed by atoms with van der Waals surface area (Å²) in [5, 5.41) is 2.71. The lowest BCUT2D eigenvalue weighted by Gasteiger charge is -2.29. The highest BCUT2D eigenvalue weighted by Gasteiger charge is 2.26. The largest absolute Gasteiger partial charge is 0.481 e. The molecule has 1 aromatic rings. The second-order valence-electron chi connectivity index (χ2n) is 6.04. The Balaban J connectivity index is 2.02. The first-order valence-corrected chi connectivity index (χ1v) is 7.71. The predicted octanol–water partition coefficient (Wildman–Crippen LogP) is 1.84. The van der Waals surface area contributed by atoms with E-state index in [1.807, 2.05) is 25.1 Å². The fourth-order valence-corrected chi connectivity index (χ4v) is 2.71. The number of benzene rings is 1. The van der Waals surface area contributed by atoms with E-state index in [0.29, 0.717) is 24.8 Å². The fourth-order valence-electron chi connectivity index (χ4n) is 2.71. The highest BCUT2D eigenvalue weighted by Crippen LogP contribution is 2.24. The molecule has 0 saturated carbocycles. The Kier molecular flexibility index (Phi) is 5.06. The Bertz CT molecular complexity index is 569. The second kappa shape index (κ2) is 6.81. The number of nitrogens with one attached hydrogen (secondary N) is 1. The molecule has 1 aliphatic heterocycles. The highest BCUT2D eigenvalue weighted by molar-refractivity contribution is 5.88. The highest BCUT2D eigenvalue weighted by atomic mass is 16.5. The maximum atomic E-state index is 12.3. The lowest BCUT2D eigenvalue weighted by atomic mass is 9.98. The van der Waals surface area contributed by atoms with Gasteiger partial charge in [0.2, 0.25) is 5.91 Å². The number of rotatable bonds is 4. The Labute approximate surface area is 131 Å². The number of hydrogen-bond donors (Lipinski definition) is 1. The molecule has 2 rings (SSSR count). The van der Waals surface area contributed by atoms with E-state index in [4.69, 9.17) is 4.74 Å². The molecule has 1 fully saturated rings. The van der Waals surface area contributed by atoms with Crippen LogP contribution in [-0.4, -0.2) is 42.5 Å². The van der Waals surface area contributed by atoms with E-state index >= 15 is 0 Å². The van der Waals surface area contributed by atoms with E-state index in [0.717, 1.165) is 5.56 Å². The van der Waals surface area contributed by atoms with Gasteiger partial charge in [0.1, 0.15) is 5.75 Å². The van der Waals surface area contributed by atoms with Crippen molar-refractivity contribution in [3.05, 3.63) is 29.3 Å². The van der Waals surface area contributed by atoms with Gasteiger partial charge >= 0.3 is 0 Å². The third kappa shape index (κ3) is 3.78. The topological polar surface area (TPSA) is 58.6 Å². The zero-order valence-electron chi connectivity index (χ0n) is 13.7. The standard InChI is InChI=1S/C17H24N2O3/c1-11(2)15-6-5-14(9-12(15)3)22-13(4)17(21)19-8-7-18-16(20)10-19/h5-6,9,11,13H,7-8,10H2,1-4H3,(H,18,20). The number of hydrogen-bond acceptors (Lipinski definition) is 3. The number of carbonyl (C=O) groups is 2. The van der Waals surface area contributed by atoms with E-state index < -0.39 is 6.10 Å². The van der Waals surface area contributed by atoms with Crippen molar-refractivity contribution in [1.82, 2.24) is 10.2 Å². The van der Waals surface area contributed by atoms with Gasteiger partial charge in [-0.1, -0.05) is 19.9 Å². The molecule has 5 nitrogen and oxygen atoms in total. The monoisotopic (exact) mass is 304 g/mol. The molecule has 1 atom stereocenters. The molecule has 1 unspecified atom stereocenters. The van der Waals surface area contributed by atoms with Gasteiger partial charge in [-0.25, -0.2) is 0 Å². The van der Waals surface area contributed by atoms with Crippen LogP contribution in [0.25, 0.3) is 0 Å². The molecule has 0 radical (unpaired) electrons. The van der Waals surface area contributed by atoms with E-state index in [-0.39, 0.29) is 18.4 Å². The van der Waals surface area contributed by atoms with Gasteiger partial charge in [0.05, 0.1) is 6.54 Å². The van der Waals surface area contributed by atoms with Crippen molar-refractivity contribution in [1.29, 1.82) is 0 Å². The molecule has 1 aromatic carbocycles. The average molecular weight is 304 g/mol.